The molecule has 2 aromatic heterocycles. The normalized spacial score (nSPS) is 18.4. The van der Waals surface area contributed by atoms with E-state index in [0.717, 1.165) is 23.4 Å². The van der Waals surface area contributed by atoms with Gasteiger partial charge in [0, 0.05) is 54.5 Å². The van der Waals surface area contributed by atoms with Crippen molar-refractivity contribution >= 4 is 17.4 Å². The van der Waals surface area contributed by atoms with Gasteiger partial charge in [-0.05, 0) is 50.5 Å². The lowest BCUT2D eigenvalue weighted by Gasteiger charge is -2.40. The smallest absolute Gasteiger partial charge is 0.289 e. The van der Waals surface area contributed by atoms with Gasteiger partial charge in [0.25, 0.3) is 11.8 Å². The molecule has 1 aromatic carbocycles. The number of amides is 1. The highest BCUT2D eigenvalue weighted by Crippen LogP contribution is 2.37. The number of nitrogens with one attached hydrogen (secondary N) is 1. The van der Waals surface area contributed by atoms with Crippen LogP contribution in [0.25, 0.3) is 0 Å². The van der Waals surface area contributed by atoms with Crippen molar-refractivity contribution in [2.24, 2.45) is 0 Å². The molecule has 1 saturated heterocycles. The lowest BCUT2D eigenvalue weighted by Crippen LogP contribution is -2.45. The summed E-state index contributed by atoms with van der Waals surface area (Å²) in [6.45, 7) is 5.55. The summed E-state index contributed by atoms with van der Waals surface area (Å²) in [5, 5.41) is 6.78. The Morgan fingerprint density at radius 2 is 2.03 bits per heavy atom. The Morgan fingerprint density at radius 1 is 1.18 bits per heavy atom. The van der Waals surface area contributed by atoms with Crippen molar-refractivity contribution in [3.05, 3.63) is 70.7 Å². The average Bonchev–Trinajstić information content (AvgIpc) is 3.22. The number of aromatic nitrogens is 3. The van der Waals surface area contributed by atoms with Crippen molar-refractivity contribution in [3.8, 4) is 11.8 Å². The third-order valence-corrected chi connectivity index (χ3v) is 6.47. The summed E-state index contributed by atoms with van der Waals surface area (Å²) in [6.07, 6.45) is 4.89. The van der Waals surface area contributed by atoms with Crippen LogP contribution < -0.4 is 10.2 Å². The van der Waals surface area contributed by atoms with Crippen LogP contribution in [0.1, 0.15) is 58.9 Å². The molecule has 4 heterocycles. The lowest BCUT2D eigenvalue weighted by molar-refractivity contribution is -0.0364. The molecular weight excluding hydrogens is 436 g/mol. The predicted molar refractivity (Wildman–Crippen MR) is 126 cm³/mol. The van der Waals surface area contributed by atoms with Crippen LogP contribution in [0, 0.1) is 18.8 Å². The number of rotatable bonds is 3. The summed E-state index contributed by atoms with van der Waals surface area (Å²) >= 11 is 0. The third-order valence-electron chi connectivity index (χ3n) is 6.47. The van der Waals surface area contributed by atoms with Gasteiger partial charge in [-0.2, -0.15) is 13.9 Å². The van der Waals surface area contributed by atoms with Crippen molar-refractivity contribution in [2.75, 3.05) is 16.8 Å². The highest BCUT2D eigenvalue weighted by molar-refractivity contribution is 6.04. The number of alkyl halides is 2. The van der Waals surface area contributed by atoms with Crippen molar-refractivity contribution in [2.45, 2.75) is 51.6 Å². The van der Waals surface area contributed by atoms with Crippen LogP contribution in [0.4, 0.5) is 20.3 Å². The maximum absolute atomic E-state index is 14.1. The summed E-state index contributed by atoms with van der Waals surface area (Å²) in [6, 6.07) is 9.00. The molecule has 34 heavy (non-hydrogen) atoms. The number of hydrogen-bond acceptors (Lipinski definition) is 4. The second kappa shape index (κ2) is 8.56. The highest BCUT2D eigenvalue weighted by Gasteiger charge is 2.38. The number of benzene rings is 1. The van der Waals surface area contributed by atoms with Crippen LogP contribution in [-0.4, -0.2) is 33.3 Å². The van der Waals surface area contributed by atoms with Gasteiger partial charge in [-0.1, -0.05) is 17.9 Å². The molecule has 8 heteroatoms. The molecule has 0 radical (unpaired) electrons. The first-order valence-electron chi connectivity index (χ1n) is 11.4. The minimum Gasteiger partial charge on any atom is -0.367 e. The number of halogens is 2. The maximum atomic E-state index is 14.1. The van der Waals surface area contributed by atoms with Gasteiger partial charge >= 0.3 is 0 Å². The molecule has 2 aliphatic rings. The van der Waals surface area contributed by atoms with E-state index in [9.17, 15) is 13.6 Å². The SMILES string of the molecule is Cc1ccc(C(=O)Nc2cc3n(n2)CCCC3(F)F)cc1C#Cc1cncc(N2CCC2C)c1. The van der Waals surface area contributed by atoms with Gasteiger partial charge in [0.05, 0.1) is 11.9 Å². The monoisotopic (exact) mass is 461 g/mol. The van der Waals surface area contributed by atoms with Gasteiger partial charge in [-0.15, -0.1) is 0 Å². The minimum absolute atomic E-state index is 0.123. The molecule has 1 atom stereocenters. The molecular formula is C26H25F2N5O. The van der Waals surface area contributed by atoms with Gasteiger partial charge in [-0.3, -0.25) is 14.5 Å². The van der Waals surface area contributed by atoms with E-state index in [-0.39, 0.29) is 17.9 Å². The second-order valence-electron chi connectivity index (χ2n) is 8.94. The summed E-state index contributed by atoms with van der Waals surface area (Å²) < 4.78 is 29.5. The zero-order chi connectivity index (χ0) is 23.9. The quantitative estimate of drug-likeness (QED) is 0.573. The van der Waals surface area contributed by atoms with Gasteiger partial charge in [-0.25, -0.2) is 0 Å². The zero-order valence-corrected chi connectivity index (χ0v) is 19.1. The zero-order valence-electron chi connectivity index (χ0n) is 19.1. The minimum atomic E-state index is -2.93. The Morgan fingerprint density at radius 3 is 2.76 bits per heavy atom. The molecule has 1 unspecified atom stereocenters. The highest BCUT2D eigenvalue weighted by atomic mass is 19.3. The molecule has 0 bridgehead atoms. The molecule has 174 valence electrons. The van der Waals surface area contributed by atoms with Gasteiger partial charge < -0.3 is 10.2 Å². The lowest BCUT2D eigenvalue weighted by atomic mass is 10.0. The molecule has 0 spiro atoms. The van der Waals surface area contributed by atoms with E-state index in [1.165, 1.54) is 17.2 Å². The molecule has 1 N–H and O–H groups in total. The third kappa shape index (κ3) is 4.26. The molecule has 0 saturated carbocycles. The molecule has 2 aliphatic heterocycles. The van der Waals surface area contributed by atoms with E-state index in [0.29, 0.717) is 30.1 Å². The van der Waals surface area contributed by atoms with Crippen molar-refractivity contribution in [3.63, 3.8) is 0 Å². The molecule has 1 fully saturated rings. The van der Waals surface area contributed by atoms with Crippen LogP contribution >= 0.6 is 0 Å². The Bertz CT molecular complexity index is 1320. The molecule has 1 amide bonds. The van der Waals surface area contributed by atoms with Gasteiger partial charge in [0.1, 0.15) is 5.69 Å². The van der Waals surface area contributed by atoms with Crippen LogP contribution in [0.3, 0.4) is 0 Å². The van der Waals surface area contributed by atoms with E-state index in [2.05, 4.69) is 39.1 Å². The van der Waals surface area contributed by atoms with Crippen LogP contribution in [0.5, 0.6) is 0 Å². The van der Waals surface area contributed by atoms with Crippen LogP contribution in [-0.2, 0) is 12.5 Å². The average molecular weight is 462 g/mol. The summed E-state index contributed by atoms with van der Waals surface area (Å²) in [4.78, 5) is 19.4. The Kier molecular flexibility index (Phi) is 5.56. The Labute approximate surface area is 197 Å². The Balaban J connectivity index is 1.34. The van der Waals surface area contributed by atoms with Crippen LogP contribution in [0.2, 0.25) is 0 Å². The number of nitrogens with zero attached hydrogens (tertiary/aromatic N) is 4. The number of pyridine rings is 1. The van der Waals surface area contributed by atoms with Gasteiger partial charge in [0.2, 0.25) is 0 Å². The molecule has 3 aromatic rings. The summed E-state index contributed by atoms with van der Waals surface area (Å²) in [7, 11) is 0. The van der Waals surface area contributed by atoms with Gasteiger partial charge in [0.15, 0.2) is 5.82 Å². The van der Waals surface area contributed by atoms with E-state index in [4.69, 9.17) is 0 Å². The number of hydrogen-bond donors (Lipinski definition) is 1. The van der Waals surface area contributed by atoms with Crippen molar-refractivity contribution in [1.82, 2.24) is 14.8 Å². The fraction of sp³-hybridized carbons (Fsp3) is 0.346. The van der Waals surface area contributed by atoms with Crippen molar-refractivity contribution in [1.29, 1.82) is 0 Å². The standard InChI is InChI=1S/C26H25F2N5O/c1-17-4-6-21(25(34)30-24-14-23-26(27,28)9-3-10-33(23)31-24)13-20(17)7-5-19-12-22(16-29-15-19)32-11-8-18(32)2/h4,6,12-16,18H,3,8-11H2,1-2H3,(H,30,31,34). The Hall–Kier alpha value is -3.73. The number of carbonyl (C=O) groups excluding carboxylic acids is 1. The first-order chi connectivity index (χ1) is 16.3. The topological polar surface area (TPSA) is 63.1 Å². The number of aryl methyl sites for hydroxylation is 2. The van der Waals surface area contributed by atoms with Crippen LogP contribution in [0.15, 0.2) is 42.7 Å². The maximum Gasteiger partial charge on any atom is 0.289 e. The van der Waals surface area contributed by atoms with E-state index in [1.807, 2.05) is 25.3 Å². The fourth-order valence-corrected chi connectivity index (χ4v) is 4.30. The second-order valence-corrected chi connectivity index (χ2v) is 8.94. The number of fused-ring (bicyclic) bond motifs is 1. The summed E-state index contributed by atoms with van der Waals surface area (Å²) in [5.41, 5.74) is 3.73. The predicted octanol–water partition coefficient (Wildman–Crippen LogP) is 4.72. The number of carbonyl (C=O) groups is 1. The molecule has 6 nitrogen and oxygen atoms in total. The first-order valence-corrected chi connectivity index (χ1v) is 11.4. The largest absolute Gasteiger partial charge is 0.367 e. The summed E-state index contributed by atoms with van der Waals surface area (Å²) in [5.74, 6) is 3.07. The van der Waals surface area contributed by atoms with E-state index >= 15 is 0 Å². The molecule has 0 aliphatic carbocycles. The first kappa shape index (κ1) is 22.1. The van der Waals surface area contributed by atoms with E-state index < -0.39 is 11.8 Å². The number of anilines is 2. The van der Waals surface area contributed by atoms with E-state index in [1.54, 1.807) is 18.3 Å². The van der Waals surface area contributed by atoms with Crippen molar-refractivity contribution < 1.29 is 13.6 Å². The fourth-order valence-electron chi connectivity index (χ4n) is 4.30. The molecule has 5 rings (SSSR count).